The molecular weight excluding hydrogens is 240 g/mol. The first kappa shape index (κ1) is 16.4. The molecule has 0 aliphatic carbocycles. The van der Waals surface area contributed by atoms with Crippen LogP contribution >= 0.6 is 0 Å². The third-order valence-electron chi connectivity index (χ3n) is 2.50. The Morgan fingerprint density at radius 3 is 2.24 bits per heavy atom. The van der Waals surface area contributed by atoms with Crippen molar-refractivity contribution in [3.63, 3.8) is 0 Å². The summed E-state index contributed by atoms with van der Waals surface area (Å²) in [4.78, 5) is 13.4. The zero-order valence-corrected chi connectivity index (χ0v) is 12.0. The number of carbonyl (C=O) groups excluding carboxylic acids is 1. The van der Waals surface area contributed by atoms with E-state index >= 15 is 0 Å². The Hall–Kier alpha value is -0.620. The van der Waals surface area contributed by atoms with E-state index in [9.17, 15) is 13.2 Å². The fraction of sp³-hybridized carbons (Fsp3) is 0.909. The first-order valence-electron chi connectivity index (χ1n) is 5.99. The van der Waals surface area contributed by atoms with E-state index in [1.807, 2.05) is 20.8 Å². The summed E-state index contributed by atoms with van der Waals surface area (Å²) in [5.74, 6) is 0.209. The van der Waals surface area contributed by atoms with Crippen molar-refractivity contribution in [1.82, 2.24) is 10.2 Å². The molecule has 0 aromatic rings. The Morgan fingerprint density at radius 2 is 1.82 bits per heavy atom. The van der Waals surface area contributed by atoms with Gasteiger partial charge in [-0.2, -0.15) is 0 Å². The van der Waals surface area contributed by atoms with E-state index in [2.05, 4.69) is 5.32 Å². The Labute approximate surface area is 104 Å². The molecule has 0 aliphatic heterocycles. The van der Waals surface area contributed by atoms with Gasteiger partial charge in [0.25, 0.3) is 0 Å². The molecule has 1 amide bonds. The quantitative estimate of drug-likeness (QED) is 0.683. The van der Waals surface area contributed by atoms with Crippen LogP contribution < -0.4 is 5.32 Å². The number of sulfone groups is 1. The molecule has 0 saturated heterocycles. The van der Waals surface area contributed by atoms with Crippen LogP contribution in [0.25, 0.3) is 0 Å². The zero-order chi connectivity index (χ0) is 13.5. The van der Waals surface area contributed by atoms with Crippen LogP contribution in [0.15, 0.2) is 0 Å². The predicted molar refractivity (Wildman–Crippen MR) is 69.7 cm³/mol. The molecular formula is C11H24N2O3S. The van der Waals surface area contributed by atoms with Gasteiger partial charge in [-0.3, -0.25) is 4.79 Å². The maximum atomic E-state index is 11.6. The summed E-state index contributed by atoms with van der Waals surface area (Å²) in [5, 5.41) is 3.05. The number of amides is 1. The van der Waals surface area contributed by atoms with Crippen molar-refractivity contribution in [2.24, 2.45) is 0 Å². The summed E-state index contributed by atoms with van der Waals surface area (Å²) in [5.41, 5.74) is 0. The second kappa shape index (κ2) is 7.66. The Balaban J connectivity index is 3.88. The van der Waals surface area contributed by atoms with E-state index < -0.39 is 9.84 Å². The van der Waals surface area contributed by atoms with E-state index in [0.717, 1.165) is 0 Å². The molecule has 0 heterocycles. The Bertz CT molecular complexity index is 324. The van der Waals surface area contributed by atoms with Crippen molar-refractivity contribution >= 4 is 15.7 Å². The molecule has 1 atom stereocenters. The summed E-state index contributed by atoms with van der Waals surface area (Å²) in [6.45, 7) is 7.65. The molecule has 0 spiro atoms. The van der Waals surface area contributed by atoms with Gasteiger partial charge < -0.3 is 10.2 Å². The van der Waals surface area contributed by atoms with Crippen molar-refractivity contribution in [3.8, 4) is 0 Å². The molecule has 0 rings (SSSR count). The lowest BCUT2D eigenvalue weighted by Gasteiger charge is -2.19. The van der Waals surface area contributed by atoms with Gasteiger partial charge >= 0.3 is 0 Å². The van der Waals surface area contributed by atoms with Crippen LogP contribution in [0.4, 0.5) is 0 Å². The second-order valence-electron chi connectivity index (χ2n) is 4.26. The third kappa shape index (κ3) is 8.15. The van der Waals surface area contributed by atoms with E-state index in [4.69, 9.17) is 0 Å². The van der Waals surface area contributed by atoms with Crippen LogP contribution in [0.3, 0.4) is 0 Å². The van der Waals surface area contributed by atoms with Gasteiger partial charge in [-0.1, -0.05) is 0 Å². The minimum atomic E-state index is -2.96. The van der Waals surface area contributed by atoms with Crippen molar-refractivity contribution in [1.29, 1.82) is 0 Å². The number of carbonyl (C=O) groups is 1. The average molecular weight is 264 g/mol. The van der Waals surface area contributed by atoms with E-state index in [1.165, 1.54) is 6.26 Å². The normalized spacial score (nSPS) is 13.4. The SMILES string of the molecule is CCN(CC)C(=O)CCNC(C)CS(C)(=O)=O. The summed E-state index contributed by atoms with van der Waals surface area (Å²) in [6.07, 6.45) is 1.63. The minimum Gasteiger partial charge on any atom is -0.343 e. The summed E-state index contributed by atoms with van der Waals surface area (Å²) in [6, 6.07) is -0.116. The highest BCUT2D eigenvalue weighted by atomic mass is 32.2. The minimum absolute atomic E-state index is 0.104. The van der Waals surface area contributed by atoms with Crippen molar-refractivity contribution in [3.05, 3.63) is 0 Å². The molecule has 5 nitrogen and oxygen atoms in total. The number of nitrogens with zero attached hydrogens (tertiary/aromatic N) is 1. The van der Waals surface area contributed by atoms with E-state index in [1.54, 1.807) is 4.90 Å². The van der Waals surface area contributed by atoms with E-state index in [-0.39, 0.29) is 17.7 Å². The van der Waals surface area contributed by atoms with Gasteiger partial charge in [0.15, 0.2) is 0 Å². The molecule has 1 unspecified atom stereocenters. The van der Waals surface area contributed by atoms with Gasteiger partial charge in [-0.25, -0.2) is 8.42 Å². The molecule has 0 fully saturated rings. The average Bonchev–Trinajstić information content (AvgIpc) is 2.16. The first-order valence-corrected chi connectivity index (χ1v) is 8.05. The zero-order valence-electron chi connectivity index (χ0n) is 11.2. The fourth-order valence-electron chi connectivity index (χ4n) is 1.67. The number of hydrogen-bond donors (Lipinski definition) is 1. The molecule has 0 radical (unpaired) electrons. The molecule has 1 N–H and O–H groups in total. The number of rotatable bonds is 8. The summed E-state index contributed by atoms with van der Waals surface area (Å²) in [7, 11) is -2.96. The van der Waals surface area contributed by atoms with Gasteiger partial charge in [0.2, 0.25) is 5.91 Å². The lowest BCUT2D eigenvalue weighted by atomic mass is 10.3. The van der Waals surface area contributed by atoms with Crippen molar-refractivity contribution in [2.75, 3.05) is 31.6 Å². The van der Waals surface area contributed by atoms with Gasteiger partial charge in [0, 0.05) is 38.4 Å². The molecule has 0 aromatic carbocycles. The van der Waals surface area contributed by atoms with Gasteiger partial charge in [0.05, 0.1) is 5.75 Å². The summed E-state index contributed by atoms with van der Waals surface area (Å²) >= 11 is 0. The van der Waals surface area contributed by atoms with E-state index in [0.29, 0.717) is 26.1 Å². The van der Waals surface area contributed by atoms with Gasteiger partial charge in [0.1, 0.15) is 9.84 Å². The second-order valence-corrected chi connectivity index (χ2v) is 6.45. The Kier molecular flexibility index (Phi) is 7.38. The monoisotopic (exact) mass is 264 g/mol. The molecule has 0 bridgehead atoms. The number of hydrogen-bond acceptors (Lipinski definition) is 4. The van der Waals surface area contributed by atoms with Gasteiger partial charge in [-0.15, -0.1) is 0 Å². The van der Waals surface area contributed by atoms with Crippen LogP contribution in [0.2, 0.25) is 0 Å². The van der Waals surface area contributed by atoms with Crippen LogP contribution in [-0.4, -0.2) is 56.9 Å². The number of nitrogens with one attached hydrogen (secondary N) is 1. The largest absolute Gasteiger partial charge is 0.343 e. The molecule has 17 heavy (non-hydrogen) atoms. The third-order valence-corrected chi connectivity index (χ3v) is 3.61. The highest BCUT2D eigenvalue weighted by molar-refractivity contribution is 7.90. The van der Waals surface area contributed by atoms with Gasteiger partial charge in [-0.05, 0) is 20.8 Å². The predicted octanol–water partition coefficient (Wildman–Crippen LogP) is 0.268. The maximum absolute atomic E-state index is 11.6. The first-order chi connectivity index (χ1) is 7.80. The highest BCUT2D eigenvalue weighted by Crippen LogP contribution is 1.94. The standard InChI is InChI=1S/C11H24N2O3S/c1-5-13(6-2)11(14)7-8-12-10(3)9-17(4,15)16/h10,12H,5-9H2,1-4H3. The highest BCUT2D eigenvalue weighted by Gasteiger charge is 2.12. The van der Waals surface area contributed by atoms with Crippen LogP contribution in [-0.2, 0) is 14.6 Å². The van der Waals surface area contributed by atoms with Crippen LogP contribution in [0.5, 0.6) is 0 Å². The summed E-state index contributed by atoms with van der Waals surface area (Å²) < 4.78 is 22.0. The molecule has 102 valence electrons. The lowest BCUT2D eigenvalue weighted by Crippen LogP contribution is -2.37. The molecule has 0 aliphatic rings. The van der Waals surface area contributed by atoms with Crippen molar-refractivity contribution in [2.45, 2.75) is 33.2 Å². The molecule has 6 heteroatoms. The van der Waals surface area contributed by atoms with Crippen molar-refractivity contribution < 1.29 is 13.2 Å². The molecule has 0 aromatic heterocycles. The topological polar surface area (TPSA) is 66.5 Å². The smallest absolute Gasteiger partial charge is 0.223 e. The fourth-order valence-corrected chi connectivity index (χ4v) is 2.70. The molecule has 0 saturated carbocycles. The Morgan fingerprint density at radius 1 is 1.29 bits per heavy atom. The lowest BCUT2D eigenvalue weighted by molar-refractivity contribution is -0.130. The maximum Gasteiger partial charge on any atom is 0.223 e. The van der Waals surface area contributed by atoms with Crippen LogP contribution in [0.1, 0.15) is 27.2 Å². The van der Waals surface area contributed by atoms with Crippen LogP contribution in [0, 0.1) is 0 Å².